The first-order valence-electron chi connectivity index (χ1n) is 6.21. The minimum Gasteiger partial charge on any atom is -0.246 e. The van der Waals surface area contributed by atoms with Crippen LogP contribution in [0.25, 0.3) is 10.9 Å². The molecule has 3 rings (SSSR count). The second-order valence-corrected chi connectivity index (χ2v) is 6.39. The summed E-state index contributed by atoms with van der Waals surface area (Å²) in [5.74, 6) is 0. The van der Waals surface area contributed by atoms with Crippen LogP contribution in [0.5, 0.6) is 0 Å². The average Bonchev–Trinajstić information content (AvgIpc) is 2.99. The molecule has 1 aliphatic rings. The number of allylic oxidation sites excluding steroid dienone is 2. The summed E-state index contributed by atoms with van der Waals surface area (Å²) in [4.78, 5) is 4.65. The fourth-order valence-electron chi connectivity index (χ4n) is 2.28. The van der Waals surface area contributed by atoms with Gasteiger partial charge in [-0.3, -0.25) is 0 Å². The molecule has 0 radical (unpaired) electrons. The van der Waals surface area contributed by atoms with E-state index in [0.717, 1.165) is 11.0 Å². The van der Waals surface area contributed by atoms with Crippen LogP contribution in [0.2, 0.25) is 0 Å². The molecule has 2 aromatic rings. The van der Waals surface area contributed by atoms with Crippen molar-refractivity contribution < 1.29 is 17.6 Å². The number of benzene rings is 1. The first kappa shape index (κ1) is 14.1. The zero-order valence-corrected chi connectivity index (χ0v) is 11.6. The summed E-state index contributed by atoms with van der Waals surface area (Å²) in [5.41, 5.74) is -0.750. The third-order valence-electron chi connectivity index (χ3n) is 3.21. The van der Waals surface area contributed by atoms with Crippen molar-refractivity contribution in [3.63, 3.8) is 0 Å². The quantitative estimate of drug-likeness (QED) is 0.582. The van der Waals surface area contributed by atoms with E-state index in [1.165, 1.54) is 6.07 Å². The van der Waals surface area contributed by atoms with Gasteiger partial charge in [0.1, 0.15) is 5.69 Å². The maximum atomic E-state index is 13.2. The fraction of sp³-hybridized carbons (Fsp3) is 0.133. The summed E-state index contributed by atoms with van der Waals surface area (Å²) in [6.07, 6.45) is -1.97. The maximum absolute atomic E-state index is 13.2. The molecule has 1 nitrogen and oxygen atoms in total. The molecule has 0 atom stereocenters. The van der Waals surface area contributed by atoms with Crippen LogP contribution in [0.4, 0.5) is 17.6 Å². The Balaban J connectivity index is 2.30. The number of thiol groups is 1. The highest BCUT2D eigenvalue weighted by Crippen LogP contribution is 2.46. The van der Waals surface area contributed by atoms with Gasteiger partial charge in [0.2, 0.25) is 0 Å². The molecule has 0 saturated heterocycles. The van der Waals surface area contributed by atoms with E-state index in [1.807, 2.05) is 23.0 Å². The van der Waals surface area contributed by atoms with E-state index in [9.17, 15) is 17.6 Å². The predicted molar refractivity (Wildman–Crippen MR) is 77.2 cm³/mol. The smallest absolute Gasteiger partial charge is 0.246 e. The van der Waals surface area contributed by atoms with E-state index >= 15 is 0 Å². The van der Waals surface area contributed by atoms with Gasteiger partial charge in [0.25, 0.3) is 12.9 Å². The minimum absolute atomic E-state index is 0.239. The highest BCUT2D eigenvalue weighted by atomic mass is 32.2. The van der Waals surface area contributed by atoms with E-state index < -0.39 is 29.4 Å². The Kier molecular flexibility index (Phi) is 3.71. The molecule has 0 N–H and O–H groups in total. The molecular formula is C15H11F4NS. The van der Waals surface area contributed by atoms with E-state index in [4.69, 9.17) is 0 Å². The summed E-state index contributed by atoms with van der Waals surface area (Å²) >= 11 is 0. The SMILES string of the molecule is FC(F)c1cc(C(F)F)c2cccc([SH]3C=CC=C3)c2n1. The van der Waals surface area contributed by atoms with Crippen LogP contribution in [0.15, 0.2) is 52.1 Å². The van der Waals surface area contributed by atoms with E-state index in [-0.39, 0.29) is 16.5 Å². The zero-order valence-electron chi connectivity index (χ0n) is 10.7. The number of rotatable bonds is 3. The maximum Gasteiger partial charge on any atom is 0.280 e. The van der Waals surface area contributed by atoms with Gasteiger partial charge >= 0.3 is 0 Å². The van der Waals surface area contributed by atoms with Crippen LogP contribution < -0.4 is 0 Å². The number of alkyl halides is 4. The van der Waals surface area contributed by atoms with Crippen LogP contribution in [-0.4, -0.2) is 4.98 Å². The number of halogens is 4. The Morgan fingerprint density at radius 3 is 2.29 bits per heavy atom. The van der Waals surface area contributed by atoms with Crippen molar-refractivity contribution in [2.75, 3.05) is 0 Å². The largest absolute Gasteiger partial charge is 0.280 e. The zero-order chi connectivity index (χ0) is 15.0. The molecule has 21 heavy (non-hydrogen) atoms. The lowest BCUT2D eigenvalue weighted by Gasteiger charge is -2.16. The van der Waals surface area contributed by atoms with Gasteiger partial charge in [0.15, 0.2) is 0 Å². The predicted octanol–water partition coefficient (Wildman–Crippen LogP) is 5.51. The van der Waals surface area contributed by atoms with E-state index in [1.54, 1.807) is 12.1 Å². The van der Waals surface area contributed by atoms with Crippen molar-refractivity contribution in [3.8, 4) is 0 Å². The first-order valence-corrected chi connectivity index (χ1v) is 7.69. The lowest BCUT2D eigenvalue weighted by Crippen LogP contribution is -1.98. The van der Waals surface area contributed by atoms with Crippen molar-refractivity contribution >= 4 is 21.8 Å². The van der Waals surface area contributed by atoms with Crippen LogP contribution in [-0.2, 0) is 0 Å². The Bertz CT molecular complexity index is 728. The molecule has 0 bridgehead atoms. The normalized spacial score (nSPS) is 15.8. The lowest BCUT2D eigenvalue weighted by molar-refractivity contribution is 0.141. The average molecular weight is 313 g/mol. The molecule has 0 spiro atoms. The molecule has 0 unspecified atom stereocenters. The number of nitrogens with zero attached hydrogens (tertiary/aromatic N) is 1. The monoisotopic (exact) mass is 313 g/mol. The van der Waals surface area contributed by atoms with Gasteiger partial charge in [0, 0.05) is 15.8 Å². The molecule has 0 fully saturated rings. The highest BCUT2D eigenvalue weighted by Gasteiger charge is 2.20. The molecule has 0 aliphatic carbocycles. The van der Waals surface area contributed by atoms with Crippen molar-refractivity contribution in [1.29, 1.82) is 0 Å². The molecule has 1 aliphatic heterocycles. The second kappa shape index (κ2) is 5.52. The summed E-state index contributed by atoms with van der Waals surface area (Å²) in [5, 5.41) is 4.11. The van der Waals surface area contributed by atoms with Crippen LogP contribution >= 0.6 is 10.9 Å². The first-order chi connectivity index (χ1) is 10.1. The van der Waals surface area contributed by atoms with Crippen molar-refractivity contribution in [2.45, 2.75) is 17.7 Å². The molecular weight excluding hydrogens is 302 g/mol. The molecule has 110 valence electrons. The fourth-order valence-corrected chi connectivity index (χ4v) is 3.94. The number of pyridine rings is 1. The van der Waals surface area contributed by atoms with Gasteiger partial charge in [-0.15, -0.1) is 0 Å². The molecule has 1 aromatic carbocycles. The Hall–Kier alpha value is -1.82. The van der Waals surface area contributed by atoms with Gasteiger partial charge in [-0.2, -0.15) is 10.9 Å². The number of hydrogen-bond donors (Lipinski definition) is 1. The Morgan fingerprint density at radius 2 is 1.67 bits per heavy atom. The Morgan fingerprint density at radius 1 is 0.952 bits per heavy atom. The highest BCUT2D eigenvalue weighted by molar-refractivity contribution is 8.22. The van der Waals surface area contributed by atoms with Crippen molar-refractivity contribution in [3.05, 3.63) is 58.5 Å². The molecule has 1 aromatic heterocycles. The van der Waals surface area contributed by atoms with Gasteiger partial charge in [0.05, 0.1) is 5.52 Å². The summed E-state index contributed by atoms with van der Waals surface area (Å²) in [6.45, 7) is 0. The van der Waals surface area contributed by atoms with Crippen molar-refractivity contribution in [1.82, 2.24) is 4.98 Å². The molecule has 0 saturated carbocycles. The minimum atomic E-state index is -2.87. The summed E-state index contributed by atoms with van der Waals surface area (Å²) < 4.78 is 52.1. The van der Waals surface area contributed by atoms with Crippen LogP contribution in [0.1, 0.15) is 24.1 Å². The number of fused-ring (bicyclic) bond motifs is 1. The lowest BCUT2D eigenvalue weighted by atomic mass is 10.1. The number of para-hydroxylation sites is 1. The topological polar surface area (TPSA) is 12.9 Å². The summed E-state index contributed by atoms with van der Waals surface area (Å²) in [6, 6.07) is 5.72. The van der Waals surface area contributed by atoms with Crippen molar-refractivity contribution in [2.24, 2.45) is 0 Å². The standard InChI is InChI=1S/C15H11F4NS/c16-14(17)10-8-11(15(18)19)20-13-9(10)4-3-5-12(13)21-6-1-2-7-21/h1-8,14-15,21H. The summed E-state index contributed by atoms with van der Waals surface area (Å²) in [7, 11) is -0.817. The number of aromatic nitrogens is 1. The molecule has 0 amide bonds. The van der Waals surface area contributed by atoms with Gasteiger partial charge in [-0.1, -0.05) is 24.3 Å². The number of hydrogen-bond acceptors (Lipinski definition) is 1. The molecule has 2 heterocycles. The van der Waals surface area contributed by atoms with Gasteiger partial charge in [-0.25, -0.2) is 22.5 Å². The van der Waals surface area contributed by atoms with E-state index in [0.29, 0.717) is 0 Å². The third-order valence-corrected chi connectivity index (χ3v) is 5.12. The Labute approximate surface area is 121 Å². The van der Waals surface area contributed by atoms with Gasteiger partial charge < -0.3 is 0 Å². The second-order valence-electron chi connectivity index (χ2n) is 4.50. The van der Waals surface area contributed by atoms with Crippen LogP contribution in [0, 0.1) is 0 Å². The molecule has 6 heteroatoms. The van der Waals surface area contributed by atoms with E-state index in [2.05, 4.69) is 4.98 Å². The van der Waals surface area contributed by atoms with Crippen LogP contribution in [0.3, 0.4) is 0 Å². The third kappa shape index (κ3) is 2.55. The van der Waals surface area contributed by atoms with Gasteiger partial charge in [-0.05, 0) is 22.9 Å².